The second-order valence-corrected chi connectivity index (χ2v) is 6.98. The van der Waals surface area contributed by atoms with Crippen molar-refractivity contribution in [3.05, 3.63) is 36.5 Å². The monoisotopic (exact) mass is 403 g/mol. The van der Waals surface area contributed by atoms with Gasteiger partial charge < -0.3 is 24.3 Å². The van der Waals surface area contributed by atoms with Crippen LogP contribution >= 0.6 is 0 Å². The van der Waals surface area contributed by atoms with Crippen molar-refractivity contribution in [2.24, 2.45) is 0 Å². The lowest BCUT2D eigenvalue weighted by Gasteiger charge is -2.35. The summed E-state index contributed by atoms with van der Waals surface area (Å²) in [4.78, 5) is 32.6. The van der Waals surface area contributed by atoms with E-state index in [1.807, 2.05) is 9.80 Å². The number of rotatable bonds is 5. The number of carbonyl (C=O) groups excluding carboxylic acids is 2. The lowest BCUT2D eigenvalue weighted by molar-refractivity contribution is -0.119. The van der Waals surface area contributed by atoms with E-state index in [-0.39, 0.29) is 19.0 Å². The van der Waals surface area contributed by atoms with Crippen LogP contribution in [0.4, 0.5) is 26.6 Å². The fraction of sp³-hybridized carbons (Fsp3) is 0.421. The first-order chi connectivity index (χ1) is 14.0. The standard InChI is InChI=1S/C19H22FN5O4/c1-13(26)22-11-15-12-25(19(27)29-15)14-2-3-17(16(20)10-14)23-5-7-24(8-6-23)18-21-4-9-28-18/h2-4,9-10,15H,5-8,11-12H2,1H3,(H,22,26)/t15-/m0/s1. The Bertz CT molecular complexity index is 883. The Morgan fingerprint density at radius 3 is 2.69 bits per heavy atom. The van der Waals surface area contributed by atoms with Gasteiger partial charge in [0, 0.05) is 33.1 Å². The van der Waals surface area contributed by atoms with Gasteiger partial charge in [0.1, 0.15) is 18.2 Å². The van der Waals surface area contributed by atoms with Gasteiger partial charge in [0.25, 0.3) is 6.01 Å². The number of anilines is 3. The first-order valence-corrected chi connectivity index (χ1v) is 9.43. The Balaban J connectivity index is 1.39. The zero-order chi connectivity index (χ0) is 20.4. The number of oxazole rings is 1. The van der Waals surface area contributed by atoms with Crippen LogP contribution in [0.3, 0.4) is 0 Å². The van der Waals surface area contributed by atoms with E-state index in [0.717, 1.165) is 0 Å². The maximum atomic E-state index is 14.8. The van der Waals surface area contributed by atoms with Gasteiger partial charge in [-0.15, -0.1) is 0 Å². The topological polar surface area (TPSA) is 91.2 Å². The molecule has 9 nitrogen and oxygen atoms in total. The number of cyclic esters (lactones) is 1. The molecule has 2 aromatic rings. The van der Waals surface area contributed by atoms with Crippen LogP contribution in [0.1, 0.15) is 6.92 Å². The molecule has 3 heterocycles. The molecule has 29 heavy (non-hydrogen) atoms. The van der Waals surface area contributed by atoms with Gasteiger partial charge in [0.2, 0.25) is 5.91 Å². The molecule has 2 amide bonds. The number of hydrogen-bond donors (Lipinski definition) is 1. The molecule has 0 bridgehead atoms. The minimum absolute atomic E-state index is 0.196. The normalized spacial score (nSPS) is 19.4. The molecule has 1 N–H and O–H groups in total. The quantitative estimate of drug-likeness (QED) is 0.811. The molecule has 0 aliphatic carbocycles. The number of carbonyl (C=O) groups is 2. The summed E-state index contributed by atoms with van der Waals surface area (Å²) >= 11 is 0. The lowest BCUT2D eigenvalue weighted by atomic mass is 10.2. The van der Waals surface area contributed by atoms with Crippen molar-refractivity contribution in [1.29, 1.82) is 0 Å². The minimum atomic E-state index is -0.549. The van der Waals surface area contributed by atoms with Crippen LogP contribution in [0.25, 0.3) is 0 Å². The highest BCUT2D eigenvalue weighted by atomic mass is 19.1. The van der Waals surface area contributed by atoms with Gasteiger partial charge in [-0.2, -0.15) is 0 Å². The number of nitrogens with one attached hydrogen (secondary N) is 1. The van der Waals surface area contributed by atoms with Crippen LogP contribution < -0.4 is 20.0 Å². The van der Waals surface area contributed by atoms with Crippen molar-refractivity contribution in [3.8, 4) is 0 Å². The number of halogens is 1. The maximum Gasteiger partial charge on any atom is 0.414 e. The van der Waals surface area contributed by atoms with Gasteiger partial charge >= 0.3 is 6.09 Å². The van der Waals surface area contributed by atoms with E-state index in [4.69, 9.17) is 9.15 Å². The third-order valence-corrected chi connectivity index (χ3v) is 5.01. The summed E-state index contributed by atoms with van der Waals surface area (Å²) in [5.41, 5.74) is 0.920. The summed E-state index contributed by atoms with van der Waals surface area (Å²) in [6.45, 7) is 4.48. The highest BCUT2D eigenvalue weighted by Crippen LogP contribution is 2.29. The van der Waals surface area contributed by atoms with Crippen molar-refractivity contribution in [1.82, 2.24) is 10.3 Å². The van der Waals surface area contributed by atoms with Crippen LogP contribution in [0, 0.1) is 5.82 Å². The maximum absolute atomic E-state index is 14.8. The van der Waals surface area contributed by atoms with Gasteiger partial charge in [0.05, 0.1) is 30.7 Å². The molecule has 0 radical (unpaired) electrons. The van der Waals surface area contributed by atoms with Gasteiger partial charge in [-0.3, -0.25) is 9.69 Å². The highest BCUT2D eigenvalue weighted by molar-refractivity contribution is 5.90. The summed E-state index contributed by atoms with van der Waals surface area (Å²) < 4.78 is 25.4. The van der Waals surface area contributed by atoms with Crippen molar-refractivity contribution >= 4 is 29.4 Å². The Hall–Kier alpha value is -3.30. The summed E-state index contributed by atoms with van der Waals surface area (Å²) in [7, 11) is 0. The van der Waals surface area contributed by atoms with Gasteiger partial charge in [-0.25, -0.2) is 14.2 Å². The molecule has 1 atom stereocenters. The second-order valence-electron chi connectivity index (χ2n) is 6.98. The van der Waals surface area contributed by atoms with Gasteiger partial charge in [-0.05, 0) is 18.2 Å². The summed E-state index contributed by atoms with van der Waals surface area (Å²) in [6, 6.07) is 5.31. The summed E-state index contributed by atoms with van der Waals surface area (Å²) in [5.74, 6) is -0.594. The fourth-order valence-corrected chi connectivity index (χ4v) is 3.53. The Morgan fingerprint density at radius 1 is 1.28 bits per heavy atom. The van der Waals surface area contributed by atoms with E-state index >= 15 is 0 Å². The first kappa shape index (κ1) is 19.0. The van der Waals surface area contributed by atoms with E-state index in [2.05, 4.69) is 10.3 Å². The number of amides is 2. The average molecular weight is 403 g/mol. The number of ether oxygens (including phenoxy) is 1. The average Bonchev–Trinajstić information content (AvgIpc) is 3.36. The molecule has 1 aromatic heterocycles. The summed E-state index contributed by atoms with van der Waals surface area (Å²) in [6.07, 6.45) is 2.12. The van der Waals surface area contributed by atoms with Crippen LogP contribution in [0.5, 0.6) is 0 Å². The molecule has 2 aliphatic heterocycles. The van der Waals surface area contributed by atoms with Crippen molar-refractivity contribution in [3.63, 3.8) is 0 Å². The minimum Gasteiger partial charge on any atom is -0.442 e. The molecule has 154 valence electrons. The third-order valence-electron chi connectivity index (χ3n) is 5.01. The third kappa shape index (κ3) is 4.10. The van der Waals surface area contributed by atoms with Crippen LogP contribution in [-0.4, -0.2) is 62.4 Å². The van der Waals surface area contributed by atoms with Gasteiger partial charge in [0.15, 0.2) is 0 Å². The molecular weight excluding hydrogens is 381 g/mol. The predicted molar refractivity (Wildman–Crippen MR) is 104 cm³/mol. The fourth-order valence-electron chi connectivity index (χ4n) is 3.53. The smallest absolute Gasteiger partial charge is 0.414 e. The Kier molecular flexibility index (Phi) is 5.24. The highest BCUT2D eigenvalue weighted by Gasteiger charge is 2.33. The van der Waals surface area contributed by atoms with Crippen LogP contribution in [0.15, 0.2) is 35.1 Å². The van der Waals surface area contributed by atoms with Gasteiger partial charge in [-0.1, -0.05) is 0 Å². The molecule has 0 unspecified atom stereocenters. The molecule has 4 rings (SSSR count). The zero-order valence-electron chi connectivity index (χ0n) is 16.0. The largest absolute Gasteiger partial charge is 0.442 e. The van der Waals surface area contributed by atoms with E-state index in [9.17, 15) is 14.0 Å². The van der Waals surface area contributed by atoms with E-state index < -0.39 is 18.0 Å². The van der Waals surface area contributed by atoms with E-state index in [0.29, 0.717) is 43.6 Å². The molecule has 2 fully saturated rings. The van der Waals surface area contributed by atoms with Crippen LogP contribution in [-0.2, 0) is 9.53 Å². The SMILES string of the molecule is CC(=O)NC[C@H]1CN(c2ccc(N3CCN(c4ncco4)CC3)c(F)c2)C(=O)O1. The number of piperazine rings is 1. The second kappa shape index (κ2) is 7.98. The van der Waals surface area contributed by atoms with E-state index in [1.54, 1.807) is 18.3 Å². The number of nitrogens with zero attached hydrogens (tertiary/aromatic N) is 4. The number of benzene rings is 1. The number of aromatic nitrogens is 1. The molecule has 2 aliphatic rings. The zero-order valence-corrected chi connectivity index (χ0v) is 16.0. The van der Waals surface area contributed by atoms with Crippen molar-refractivity contribution in [2.45, 2.75) is 13.0 Å². The predicted octanol–water partition coefficient (Wildman–Crippen LogP) is 1.60. The molecule has 1 aromatic carbocycles. The molecule has 0 saturated carbocycles. The first-order valence-electron chi connectivity index (χ1n) is 9.43. The molecule has 2 saturated heterocycles. The van der Waals surface area contributed by atoms with Crippen LogP contribution in [0.2, 0.25) is 0 Å². The number of hydrogen-bond acceptors (Lipinski definition) is 7. The van der Waals surface area contributed by atoms with Crippen molar-refractivity contribution in [2.75, 3.05) is 54.0 Å². The molecule has 0 spiro atoms. The van der Waals surface area contributed by atoms with Crippen molar-refractivity contribution < 1.29 is 23.1 Å². The molecule has 10 heteroatoms. The molecular formula is C19H22FN5O4. The Morgan fingerprint density at radius 2 is 2.03 bits per heavy atom. The lowest BCUT2D eigenvalue weighted by Crippen LogP contribution is -2.47. The van der Waals surface area contributed by atoms with E-state index in [1.165, 1.54) is 24.2 Å². The Labute approximate surface area is 167 Å². The summed E-state index contributed by atoms with van der Waals surface area (Å²) in [5, 5.41) is 2.62.